The van der Waals surface area contributed by atoms with Crippen LogP contribution in [0.25, 0.3) is 11.1 Å². The highest BCUT2D eigenvalue weighted by atomic mass is 16.5. The minimum atomic E-state index is 0.000674. The van der Waals surface area contributed by atoms with Crippen molar-refractivity contribution < 1.29 is 14.6 Å². The zero-order chi connectivity index (χ0) is 13.1. The van der Waals surface area contributed by atoms with E-state index in [0.717, 1.165) is 11.1 Å². The molecule has 1 N–H and O–H groups in total. The fraction of sp³-hybridized carbons (Fsp3) is 0.133. The second-order valence-electron chi connectivity index (χ2n) is 3.99. The quantitative estimate of drug-likeness (QED) is 0.840. The summed E-state index contributed by atoms with van der Waals surface area (Å²) in [4.78, 5) is 11.6. The van der Waals surface area contributed by atoms with Gasteiger partial charge in [0.25, 0.3) is 0 Å². The predicted octanol–water partition coefficient (Wildman–Crippen LogP) is 3.27. The van der Waals surface area contributed by atoms with Crippen molar-refractivity contribution in [1.82, 2.24) is 0 Å². The lowest BCUT2D eigenvalue weighted by molar-refractivity contribution is 0.101. The number of hydrogen-bond acceptors (Lipinski definition) is 3. The molecule has 0 radical (unpaired) electrons. The summed E-state index contributed by atoms with van der Waals surface area (Å²) < 4.78 is 5.24. The Bertz CT molecular complexity index is 588. The van der Waals surface area contributed by atoms with E-state index in [9.17, 15) is 9.90 Å². The number of aromatic hydroxyl groups is 1. The molecule has 2 aromatic rings. The molecule has 0 aliphatic rings. The topological polar surface area (TPSA) is 46.5 Å². The van der Waals surface area contributed by atoms with Gasteiger partial charge in [-0.25, -0.2) is 0 Å². The monoisotopic (exact) mass is 242 g/mol. The molecule has 0 saturated carbocycles. The smallest absolute Gasteiger partial charge is 0.160 e. The lowest BCUT2D eigenvalue weighted by atomic mass is 9.97. The van der Waals surface area contributed by atoms with Gasteiger partial charge in [0, 0.05) is 17.2 Å². The molecule has 0 bridgehead atoms. The summed E-state index contributed by atoms with van der Waals surface area (Å²) in [5, 5.41) is 9.45. The number of carbonyl (C=O) groups excluding carboxylic acids is 1. The van der Waals surface area contributed by atoms with Crippen molar-refractivity contribution in [2.45, 2.75) is 6.92 Å². The highest BCUT2D eigenvalue weighted by Crippen LogP contribution is 2.34. The minimum absolute atomic E-state index is 0.000674. The zero-order valence-electron chi connectivity index (χ0n) is 10.3. The van der Waals surface area contributed by atoms with Crippen molar-refractivity contribution in [2.75, 3.05) is 7.11 Å². The third-order valence-electron chi connectivity index (χ3n) is 2.78. The molecule has 2 rings (SSSR count). The number of hydrogen-bond donors (Lipinski definition) is 1. The second kappa shape index (κ2) is 4.92. The van der Waals surface area contributed by atoms with Crippen molar-refractivity contribution in [3.8, 4) is 22.6 Å². The average Bonchev–Trinajstić information content (AvgIpc) is 2.38. The largest absolute Gasteiger partial charge is 0.508 e. The highest BCUT2D eigenvalue weighted by Gasteiger charge is 2.12. The van der Waals surface area contributed by atoms with Gasteiger partial charge in [0.2, 0.25) is 0 Å². The number of ketones is 1. The Morgan fingerprint density at radius 2 is 1.83 bits per heavy atom. The fourth-order valence-corrected chi connectivity index (χ4v) is 1.93. The maximum Gasteiger partial charge on any atom is 0.160 e. The van der Waals surface area contributed by atoms with Crippen molar-refractivity contribution in [3.63, 3.8) is 0 Å². The molecule has 0 saturated heterocycles. The van der Waals surface area contributed by atoms with Crippen LogP contribution in [-0.2, 0) is 0 Å². The molecular weight excluding hydrogens is 228 g/mol. The molecule has 0 heterocycles. The summed E-state index contributed by atoms with van der Waals surface area (Å²) >= 11 is 0. The van der Waals surface area contributed by atoms with E-state index in [4.69, 9.17) is 4.74 Å². The fourth-order valence-electron chi connectivity index (χ4n) is 1.93. The maximum atomic E-state index is 11.6. The van der Waals surface area contributed by atoms with Gasteiger partial charge in [-0.1, -0.05) is 24.3 Å². The van der Waals surface area contributed by atoms with Gasteiger partial charge >= 0.3 is 0 Å². The summed E-state index contributed by atoms with van der Waals surface area (Å²) in [6.07, 6.45) is 0. The summed E-state index contributed by atoms with van der Waals surface area (Å²) in [7, 11) is 1.54. The Kier molecular flexibility index (Phi) is 3.33. The lowest BCUT2D eigenvalue weighted by Gasteiger charge is -2.11. The summed E-state index contributed by atoms with van der Waals surface area (Å²) in [6.45, 7) is 1.53. The lowest BCUT2D eigenvalue weighted by Crippen LogP contribution is -1.97. The Morgan fingerprint density at radius 1 is 1.11 bits per heavy atom. The van der Waals surface area contributed by atoms with Crippen molar-refractivity contribution in [1.29, 1.82) is 0 Å². The van der Waals surface area contributed by atoms with Crippen LogP contribution in [0.15, 0.2) is 42.5 Å². The van der Waals surface area contributed by atoms with E-state index in [2.05, 4.69) is 0 Å². The van der Waals surface area contributed by atoms with Gasteiger partial charge < -0.3 is 9.84 Å². The standard InChI is InChI=1S/C15H14O3/c1-10(16)12-5-3-4-6-13(12)14-8-7-11(17)9-15(14)18-2/h3-9,17H,1-2H3. The van der Waals surface area contributed by atoms with E-state index < -0.39 is 0 Å². The summed E-state index contributed by atoms with van der Waals surface area (Å²) in [5.41, 5.74) is 2.24. The molecule has 0 fully saturated rings. The number of ether oxygens (including phenoxy) is 1. The normalized spacial score (nSPS) is 10.1. The van der Waals surface area contributed by atoms with Crippen LogP contribution in [0, 0.1) is 0 Å². The third kappa shape index (κ3) is 2.20. The highest BCUT2D eigenvalue weighted by molar-refractivity contribution is 6.01. The first-order chi connectivity index (χ1) is 8.63. The molecule has 0 aliphatic heterocycles. The number of carbonyl (C=O) groups is 1. The van der Waals surface area contributed by atoms with Gasteiger partial charge in [-0.3, -0.25) is 4.79 Å². The minimum Gasteiger partial charge on any atom is -0.508 e. The van der Waals surface area contributed by atoms with Crippen molar-refractivity contribution in [2.24, 2.45) is 0 Å². The van der Waals surface area contributed by atoms with Gasteiger partial charge in [-0.05, 0) is 24.6 Å². The van der Waals surface area contributed by atoms with Crippen LogP contribution in [0.3, 0.4) is 0 Å². The number of methoxy groups -OCH3 is 1. The summed E-state index contributed by atoms with van der Waals surface area (Å²) in [6, 6.07) is 12.2. The molecule has 0 aliphatic carbocycles. The molecule has 0 atom stereocenters. The molecule has 2 aromatic carbocycles. The van der Waals surface area contributed by atoms with Crippen LogP contribution < -0.4 is 4.74 Å². The maximum absolute atomic E-state index is 11.6. The van der Waals surface area contributed by atoms with Crippen LogP contribution in [0.2, 0.25) is 0 Å². The van der Waals surface area contributed by atoms with Crippen molar-refractivity contribution >= 4 is 5.78 Å². The van der Waals surface area contributed by atoms with Gasteiger partial charge in [-0.15, -0.1) is 0 Å². The Hall–Kier alpha value is -2.29. The van der Waals surface area contributed by atoms with Gasteiger partial charge in [0.1, 0.15) is 11.5 Å². The van der Waals surface area contributed by atoms with E-state index in [1.54, 1.807) is 18.2 Å². The number of phenols is 1. The first-order valence-corrected chi connectivity index (χ1v) is 5.61. The average molecular weight is 242 g/mol. The van der Waals surface area contributed by atoms with E-state index in [1.165, 1.54) is 20.1 Å². The SMILES string of the molecule is COc1cc(O)ccc1-c1ccccc1C(C)=O. The molecular formula is C15H14O3. The van der Waals surface area contributed by atoms with E-state index in [0.29, 0.717) is 11.3 Å². The first kappa shape index (κ1) is 12.2. The van der Waals surface area contributed by atoms with Crippen LogP contribution in [-0.4, -0.2) is 18.0 Å². The Balaban J connectivity index is 2.65. The molecule has 3 nitrogen and oxygen atoms in total. The molecule has 3 heteroatoms. The number of rotatable bonds is 3. The van der Waals surface area contributed by atoms with Crippen LogP contribution in [0.1, 0.15) is 17.3 Å². The third-order valence-corrected chi connectivity index (χ3v) is 2.78. The first-order valence-electron chi connectivity index (χ1n) is 5.61. The predicted molar refractivity (Wildman–Crippen MR) is 70.1 cm³/mol. The second-order valence-corrected chi connectivity index (χ2v) is 3.99. The van der Waals surface area contributed by atoms with E-state index >= 15 is 0 Å². The molecule has 0 unspecified atom stereocenters. The number of phenolic OH excluding ortho intramolecular Hbond substituents is 1. The van der Waals surface area contributed by atoms with Gasteiger partial charge in [0.15, 0.2) is 5.78 Å². The van der Waals surface area contributed by atoms with E-state index in [1.807, 2.05) is 18.2 Å². The van der Waals surface area contributed by atoms with Crippen LogP contribution in [0.4, 0.5) is 0 Å². The molecule has 0 spiro atoms. The Labute approximate surface area is 106 Å². The van der Waals surface area contributed by atoms with E-state index in [-0.39, 0.29) is 11.5 Å². The van der Waals surface area contributed by atoms with Crippen molar-refractivity contribution in [3.05, 3.63) is 48.0 Å². The number of benzene rings is 2. The van der Waals surface area contributed by atoms with Gasteiger partial charge in [0.05, 0.1) is 7.11 Å². The number of Topliss-reactive ketones (excluding diaryl/α,β-unsaturated/α-hetero) is 1. The molecule has 92 valence electrons. The molecule has 0 amide bonds. The zero-order valence-corrected chi connectivity index (χ0v) is 10.3. The molecule has 0 aromatic heterocycles. The molecule has 18 heavy (non-hydrogen) atoms. The summed E-state index contributed by atoms with van der Waals surface area (Å²) in [5.74, 6) is 0.681. The van der Waals surface area contributed by atoms with Crippen LogP contribution >= 0.6 is 0 Å². The Morgan fingerprint density at radius 3 is 2.50 bits per heavy atom. The van der Waals surface area contributed by atoms with Crippen LogP contribution in [0.5, 0.6) is 11.5 Å². The van der Waals surface area contributed by atoms with Gasteiger partial charge in [-0.2, -0.15) is 0 Å².